The fourth-order valence-corrected chi connectivity index (χ4v) is 2.03. The second kappa shape index (κ2) is 5.68. The molecular formula is C16H10F3N3O. The molecule has 0 atom stereocenters. The highest BCUT2D eigenvalue weighted by Crippen LogP contribution is 2.29. The minimum absolute atomic E-state index is 0.419. The summed E-state index contributed by atoms with van der Waals surface area (Å²) >= 11 is 0. The highest BCUT2D eigenvalue weighted by Gasteiger charge is 2.30. The number of aldehydes is 1. The summed E-state index contributed by atoms with van der Waals surface area (Å²) in [6, 6.07) is 11.3. The van der Waals surface area contributed by atoms with Crippen LogP contribution in [0.3, 0.4) is 0 Å². The molecule has 0 unspecified atom stereocenters. The lowest BCUT2D eigenvalue weighted by Crippen LogP contribution is -2.05. The van der Waals surface area contributed by atoms with Crippen LogP contribution >= 0.6 is 0 Å². The summed E-state index contributed by atoms with van der Waals surface area (Å²) in [5.41, 5.74) is 1.00. The Balaban J connectivity index is 1.87. The average molecular weight is 317 g/mol. The molecule has 23 heavy (non-hydrogen) atoms. The topological polar surface area (TPSA) is 47.8 Å². The van der Waals surface area contributed by atoms with Crippen molar-refractivity contribution in [1.29, 1.82) is 0 Å². The molecule has 2 aromatic carbocycles. The first-order chi connectivity index (χ1) is 11.0. The first-order valence-corrected chi connectivity index (χ1v) is 6.62. The quantitative estimate of drug-likeness (QED) is 0.691. The second-order valence-electron chi connectivity index (χ2n) is 4.80. The van der Waals surface area contributed by atoms with Gasteiger partial charge in [-0.25, -0.2) is 9.67 Å². The summed E-state index contributed by atoms with van der Waals surface area (Å²) in [7, 11) is 0. The van der Waals surface area contributed by atoms with E-state index in [1.165, 1.54) is 23.1 Å². The zero-order valence-electron chi connectivity index (χ0n) is 11.7. The highest BCUT2D eigenvalue weighted by molar-refractivity contribution is 5.76. The Bertz CT molecular complexity index is 821. The van der Waals surface area contributed by atoms with Crippen molar-refractivity contribution < 1.29 is 18.0 Å². The maximum atomic E-state index is 12.5. The maximum absolute atomic E-state index is 12.5. The monoisotopic (exact) mass is 317 g/mol. The molecule has 116 valence electrons. The summed E-state index contributed by atoms with van der Waals surface area (Å²) in [6.07, 6.45) is -2.21. The summed E-state index contributed by atoms with van der Waals surface area (Å²) in [6.45, 7) is 0. The molecule has 0 amide bonds. The lowest BCUT2D eigenvalue weighted by Gasteiger charge is -2.07. The van der Waals surface area contributed by atoms with Crippen LogP contribution in [0.1, 0.15) is 15.9 Å². The number of nitrogens with zero attached hydrogens (tertiary/aromatic N) is 3. The predicted molar refractivity (Wildman–Crippen MR) is 77.2 cm³/mol. The van der Waals surface area contributed by atoms with Gasteiger partial charge >= 0.3 is 6.18 Å². The summed E-state index contributed by atoms with van der Waals surface area (Å²) < 4.78 is 39.0. The van der Waals surface area contributed by atoms with Gasteiger partial charge in [0.15, 0.2) is 5.82 Å². The number of hydrogen-bond donors (Lipinski definition) is 0. The molecule has 0 fully saturated rings. The highest BCUT2D eigenvalue weighted by atomic mass is 19.4. The van der Waals surface area contributed by atoms with E-state index in [9.17, 15) is 18.0 Å². The van der Waals surface area contributed by atoms with Crippen LogP contribution in [-0.2, 0) is 6.18 Å². The number of rotatable bonds is 3. The molecule has 3 rings (SSSR count). The molecular weight excluding hydrogens is 307 g/mol. The van der Waals surface area contributed by atoms with Gasteiger partial charge in [0.1, 0.15) is 12.6 Å². The van der Waals surface area contributed by atoms with Crippen molar-refractivity contribution in [2.75, 3.05) is 0 Å². The average Bonchev–Trinajstić information content (AvgIpc) is 3.04. The molecule has 0 bridgehead atoms. The van der Waals surface area contributed by atoms with Gasteiger partial charge in [0.2, 0.25) is 0 Å². The lowest BCUT2D eigenvalue weighted by atomic mass is 10.1. The molecule has 1 heterocycles. The minimum Gasteiger partial charge on any atom is -0.298 e. The number of carbonyl (C=O) groups is 1. The Kier molecular flexibility index (Phi) is 3.69. The van der Waals surface area contributed by atoms with E-state index in [0.29, 0.717) is 22.6 Å². The molecule has 3 aromatic rings. The third-order valence-corrected chi connectivity index (χ3v) is 3.26. The first kappa shape index (κ1) is 15.0. The number of carbonyl (C=O) groups excluding carboxylic acids is 1. The van der Waals surface area contributed by atoms with Crippen LogP contribution in [0.2, 0.25) is 0 Å². The van der Waals surface area contributed by atoms with E-state index in [4.69, 9.17) is 0 Å². The van der Waals surface area contributed by atoms with Crippen molar-refractivity contribution in [1.82, 2.24) is 14.8 Å². The van der Waals surface area contributed by atoms with E-state index in [2.05, 4.69) is 10.1 Å². The molecule has 0 aliphatic heterocycles. The van der Waals surface area contributed by atoms with Gasteiger partial charge in [0, 0.05) is 11.1 Å². The van der Waals surface area contributed by atoms with E-state index >= 15 is 0 Å². The number of aromatic nitrogens is 3. The molecule has 0 aliphatic carbocycles. The van der Waals surface area contributed by atoms with Gasteiger partial charge in [-0.05, 0) is 24.3 Å². The fourth-order valence-electron chi connectivity index (χ4n) is 2.03. The lowest BCUT2D eigenvalue weighted by molar-refractivity contribution is -0.137. The summed E-state index contributed by atoms with van der Waals surface area (Å²) in [5, 5.41) is 4.23. The van der Waals surface area contributed by atoms with Crippen molar-refractivity contribution in [2.45, 2.75) is 6.18 Å². The smallest absolute Gasteiger partial charge is 0.298 e. The molecule has 0 aliphatic rings. The number of benzene rings is 2. The summed E-state index contributed by atoms with van der Waals surface area (Å²) in [4.78, 5) is 14.8. The first-order valence-electron chi connectivity index (χ1n) is 6.62. The molecule has 7 heteroatoms. The maximum Gasteiger partial charge on any atom is 0.416 e. The van der Waals surface area contributed by atoms with Gasteiger partial charge in [0.25, 0.3) is 0 Å². The molecule has 4 nitrogen and oxygen atoms in total. The van der Waals surface area contributed by atoms with Gasteiger partial charge in [-0.2, -0.15) is 13.2 Å². The van der Waals surface area contributed by atoms with Crippen LogP contribution < -0.4 is 0 Å². The molecule has 0 radical (unpaired) electrons. The van der Waals surface area contributed by atoms with Gasteiger partial charge < -0.3 is 0 Å². The van der Waals surface area contributed by atoms with E-state index in [-0.39, 0.29) is 0 Å². The molecule has 0 saturated carbocycles. The van der Waals surface area contributed by atoms with E-state index < -0.39 is 11.7 Å². The van der Waals surface area contributed by atoms with Crippen molar-refractivity contribution >= 4 is 6.29 Å². The normalized spacial score (nSPS) is 11.4. The van der Waals surface area contributed by atoms with Crippen molar-refractivity contribution in [2.24, 2.45) is 0 Å². The van der Waals surface area contributed by atoms with Crippen LogP contribution in [-0.4, -0.2) is 21.1 Å². The Hall–Kier alpha value is -2.96. The van der Waals surface area contributed by atoms with E-state index in [0.717, 1.165) is 18.4 Å². The van der Waals surface area contributed by atoms with Gasteiger partial charge in [-0.15, -0.1) is 5.10 Å². The van der Waals surface area contributed by atoms with Crippen LogP contribution in [0.15, 0.2) is 54.9 Å². The van der Waals surface area contributed by atoms with Crippen LogP contribution in [0.25, 0.3) is 17.1 Å². The second-order valence-corrected chi connectivity index (χ2v) is 4.80. The number of alkyl halides is 3. The number of hydrogen-bond acceptors (Lipinski definition) is 3. The largest absolute Gasteiger partial charge is 0.416 e. The number of halogens is 3. The molecule has 0 saturated heterocycles. The summed E-state index contributed by atoms with van der Waals surface area (Å²) in [5.74, 6) is 0.419. The fraction of sp³-hybridized carbons (Fsp3) is 0.0625. The van der Waals surface area contributed by atoms with Gasteiger partial charge in [-0.3, -0.25) is 4.79 Å². The Morgan fingerprint density at radius 3 is 2.17 bits per heavy atom. The van der Waals surface area contributed by atoms with Crippen LogP contribution in [0.4, 0.5) is 13.2 Å². The predicted octanol–water partition coefficient (Wildman–Crippen LogP) is 3.77. The molecule has 0 N–H and O–H groups in total. The zero-order valence-corrected chi connectivity index (χ0v) is 11.7. The van der Waals surface area contributed by atoms with Gasteiger partial charge in [0.05, 0.1) is 11.3 Å². The van der Waals surface area contributed by atoms with E-state index in [1.807, 2.05) is 0 Å². The zero-order chi connectivity index (χ0) is 16.4. The van der Waals surface area contributed by atoms with Crippen molar-refractivity contribution in [3.05, 3.63) is 66.0 Å². The molecule has 1 aromatic heterocycles. The van der Waals surface area contributed by atoms with Gasteiger partial charge in [-0.1, -0.05) is 24.3 Å². The Morgan fingerprint density at radius 1 is 0.957 bits per heavy atom. The van der Waals surface area contributed by atoms with Crippen LogP contribution in [0.5, 0.6) is 0 Å². The third-order valence-electron chi connectivity index (χ3n) is 3.26. The Labute approximate surface area is 129 Å². The SMILES string of the molecule is O=Cc1ccc(-c2ncn(-c3ccc(C(F)(F)F)cc3)n2)cc1. The third kappa shape index (κ3) is 3.13. The Morgan fingerprint density at radius 2 is 1.61 bits per heavy atom. The van der Waals surface area contributed by atoms with Crippen molar-refractivity contribution in [3.63, 3.8) is 0 Å². The van der Waals surface area contributed by atoms with E-state index in [1.54, 1.807) is 24.3 Å². The molecule has 0 spiro atoms. The standard InChI is InChI=1S/C16H10F3N3O/c17-16(18,19)13-5-7-14(8-6-13)22-10-20-15(21-22)12-3-1-11(9-23)2-4-12/h1-10H. The van der Waals surface area contributed by atoms with Crippen LogP contribution in [0, 0.1) is 0 Å². The minimum atomic E-state index is -4.37. The van der Waals surface area contributed by atoms with Crippen molar-refractivity contribution in [3.8, 4) is 17.1 Å².